The molecule has 56 heavy (non-hydrogen) atoms. The fourth-order valence-electron chi connectivity index (χ4n) is 6.29. The number of carbonyl (C=O) groups is 6. The van der Waals surface area contributed by atoms with E-state index in [9.17, 15) is 57.1 Å². The Balaban J connectivity index is 3.65. The van der Waals surface area contributed by atoms with Crippen molar-refractivity contribution in [1.29, 1.82) is 0 Å². The second-order valence-corrected chi connectivity index (χ2v) is 15.3. The molecule has 20 heteroatoms. The molecule has 0 aromatic heterocycles. The lowest BCUT2D eigenvalue weighted by Crippen LogP contribution is -2.70. The van der Waals surface area contributed by atoms with E-state index in [2.05, 4.69) is 34.0 Å². The topological polar surface area (TPSA) is 284 Å². The summed E-state index contributed by atoms with van der Waals surface area (Å²) in [5.74, 6) is -4.93. The Hall–Kier alpha value is -3.43. The summed E-state index contributed by atoms with van der Waals surface area (Å²) >= 11 is 0. The van der Waals surface area contributed by atoms with Crippen LogP contribution in [0.1, 0.15) is 130 Å². The van der Waals surface area contributed by atoms with Crippen molar-refractivity contribution in [3.8, 4) is 0 Å². The molecule has 0 saturated carbocycles. The Bertz CT molecular complexity index is 1340. The van der Waals surface area contributed by atoms with E-state index in [-0.39, 0.29) is 19.4 Å². The molecule has 1 saturated heterocycles. The number of nitrogens with one attached hydrogen (secondary N) is 3. The molecule has 19 nitrogen and oxygen atoms in total. The smallest absolute Gasteiger partial charge is 0.397 e. The molecule has 8 atom stereocenters. The minimum Gasteiger partial charge on any atom is -0.481 e. The number of rotatable bonds is 31. The maximum Gasteiger partial charge on any atom is 0.397 e. The quantitative estimate of drug-likeness (QED) is 0.0299. The third-order valence-corrected chi connectivity index (χ3v) is 9.83. The van der Waals surface area contributed by atoms with Gasteiger partial charge in [0.1, 0.15) is 30.4 Å². The van der Waals surface area contributed by atoms with Gasteiger partial charge >= 0.3 is 22.3 Å². The number of hydrogen-bond acceptors (Lipinski definition) is 12. The van der Waals surface area contributed by atoms with Crippen LogP contribution in [0.2, 0.25) is 0 Å². The van der Waals surface area contributed by atoms with Gasteiger partial charge in [0, 0.05) is 25.4 Å². The number of aliphatic carboxylic acids is 2. The molecule has 0 aliphatic carbocycles. The number of unbranched alkanes of at least 4 members (excludes halogenated alkanes) is 11. The van der Waals surface area contributed by atoms with Crippen molar-refractivity contribution in [2.45, 2.75) is 179 Å². The second-order valence-electron chi connectivity index (χ2n) is 14.2. The van der Waals surface area contributed by atoms with Gasteiger partial charge in [-0.15, -0.1) is 0 Å². The van der Waals surface area contributed by atoms with Crippen molar-refractivity contribution >= 4 is 46.5 Å². The van der Waals surface area contributed by atoms with Crippen LogP contribution < -0.4 is 16.0 Å². The third kappa shape index (κ3) is 20.1. The number of carbonyl (C=O) groups excluding carboxylic acids is 4. The van der Waals surface area contributed by atoms with Gasteiger partial charge in [-0.25, -0.2) is 8.98 Å². The minimum absolute atomic E-state index is 0.0651. The fraction of sp³-hybridized carbons (Fsp3) is 0.833. The molecule has 1 aliphatic rings. The summed E-state index contributed by atoms with van der Waals surface area (Å²) in [6.45, 7) is 5.77. The van der Waals surface area contributed by atoms with Gasteiger partial charge in [0.25, 0.3) is 0 Å². The van der Waals surface area contributed by atoms with Gasteiger partial charge < -0.3 is 45.6 Å². The van der Waals surface area contributed by atoms with Crippen LogP contribution in [0.25, 0.3) is 0 Å². The van der Waals surface area contributed by atoms with Crippen LogP contribution in [0.4, 0.5) is 0 Å². The number of nitrogens with zero attached hydrogens (tertiary/aromatic N) is 1. The van der Waals surface area contributed by atoms with Crippen molar-refractivity contribution in [2.24, 2.45) is 0 Å². The van der Waals surface area contributed by atoms with E-state index in [0.29, 0.717) is 19.3 Å². The second kappa shape index (κ2) is 27.2. The van der Waals surface area contributed by atoms with Gasteiger partial charge in [-0.2, -0.15) is 8.42 Å². The maximum atomic E-state index is 14.1. The number of carboxylic acids is 2. The van der Waals surface area contributed by atoms with Crippen molar-refractivity contribution < 1.29 is 70.7 Å². The molecule has 6 unspecified atom stereocenters. The summed E-state index contributed by atoms with van der Waals surface area (Å²) < 4.78 is 48.8. The van der Waals surface area contributed by atoms with E-state index in [1.165, 1.54) is 11.8 Å². The Morgan fingerprint density at radius 1 is 0.875 bits per heavy atom. The zero-order valence-corrected chi connectivity index (χ0v) is 33.9. The first-order valence-electron chi connectivity index (χ1n) is 19.6. The molecule has 4 amide bonds. The van der Waals surface area contributed by atoms with Crippen LogP contribution in [-0.2, 0) is 52.8 Å². The molecule has 1 aliphatic heterocycles. The lowest BCUT2D eigenvalue weighted by atomic mass is 9.93. The SMILES string of the molecule is CCCCCCCCCC(=O)N(CCCCCCCC)C1OC(COS(=O)(=O)O)C(O)C(O[C@@H](C)C(=O)O)C1NC(=O)C[C@H](CC(=O)O)NC(=O)C(C)NC=O. The Morgan fingerprint density at radius 2 is 1.45 bits per heavy atom. The van der Waals surface area contributed by atoms with Crippen molar-refractivity contribution in [3.63, 3.8) is 0 Å². The number of hydrogen-bond donors (Lipinski definition) is 7. The largest absolute Gasteiger partial charge is 0.481 e. The maximum absolute atomic E-state index is 14.1. The molecule has 0 radical (unpaired) electrons. The highest BCUT2D eigenvalue weighted by Gasteiger charge is 2.51. The van der Waals surface area contributed by atoms with Gasteiger partial charge in [0.2, 0.25) is 24.1 Å². The predicted octanol–water partition coefficient (Wildman–Crippen LogP) is 2.05. The number of carboxylic acid groups (broad SMARTS) is 2. The zero-order valence-electron chi connectivity index (χ0n) is 33.1. The molecular formula is C36H64N4O15S. The average molecular weight is 825 g/mol. The van der Waals surface area contributed by atoms with E-state index in [1.54, 1.807) is 0 Å². The van der Waals surface area contributed by atoms with Gasteiger partial charge in [-0.1, -0.05) is 84.5 Å². The van der Waals surface area contributed by atoms with Gasteiger partial charge in [-0.05, 0) is 26.7 Å². The molecule has 1 rings (SSSR count). The van der Waals surface area contributed by atoms with Crippen LogP contribution in [-0.4, -0.2) is 131 Å². The van der Waals surface area contributed by atoms with Gasteiger partial charge in [-0.3, -0.25) is 28.5 Å². The predicted molar refractivity (Wildman–Crippen MR) is 201 cm³/mol. The summed E-state index contributed by atoms with van der Waals surface area (Å²) in [7, 11) is -5.06. The van der Waals surface area contributed by atoms with E-state index in [1.807, 2.05) is 0 Å². The third-order valence-electron chi connectivity index (χ3n) is 9.40. The Kier molecular flexibility index (Phi) is 24.6. The lowest BCUT2D eigenvalue weighted by Gasteiger charge is -2.48. The molecule has 0 spiro atoms. The first kappa shape index (κ1) is 50.6. The van der Waals surface area contributed by atoms with E-state index >= 15 is 0 Å². The Morgan fingerprint density at radius 3 is 1.98 bits per heavy atom. The van der Waals surface area contributed by atoms with Crippen molar-refractivity contribution in [2.75, 3.05) is 13.2 Å². The van der Waals surface area contributed by atoms with Gasteiger partial charge in [0.15, 0.2) is 12.3 Å². The van der Waals surface area contributed by atoms with E-state index < -0.39 is 108 Å². The molecule has 0 aromatic carbocycles. The number of aliphatic hydroxyl groups is 1. The van der Waals surface area contributed by atoms with Crippen LogP contribution in [0, 0.1) is 0 Å². The highest BCUT2D eigenvalue weighted by molar-refractivity contribution is 7.80. The van der Waals surface area contributed by atoms with Crippen molar-refractivity contribution in [3.05, 3.63) is 0 Å². The molecule has 324 valence electrons. The standard InChI is InChI=1S/C36H64N4O15S/c1-5-7-9-11-13-14-16-18-29(43)40(19-17-15-12-10-8-6-2)35-31(39-28(42)20-26(21-30(44)45)38-34(47)24(3)37-23-41)33(54-25(4)36(48)49)32(46)27(55-35)22-53-56(50,51)52/h23-27,31-33,35,46H,5-22H2,1-4H3,(H,37,41)(H,38,47)(H,39,42)(H,44,45)(H,48,49)(H,50,51,52)/t24?,25-,26+,27?,31?,32?,33?,35?/m0/s1. The number of aliphatic hydroxyl groups excluding tert-OH is 1. The molecule has 1 fully saturated rings. The summed E-state index contributed by atoms with van der Waals surface area (Å²) in [6.07, 6.45) is 2.11. The monoisotopic (exact) mass is 824 g/mol. The van der Waals surface area contributed by atoms with Gasteiger partial charge in [0.05, 0.1) is 13.0 Å². The molecule has 0 aromatic rings. The number of ether oxygens (including phenoxy) is 2. The normalized spacial score (nSPS) is 21.3. The Labute approximate surface area is 329 Å². The van der Waals surface area contributed by atoms with Crippen LogP contribution in [0.15, 0.2) is 0 Å². The van der Waals surface area contributed by atoms with E-state index in [4.69, 9.17) is 9.47 Å². The highest BCUT2D eigenvalue weighted by Crippen LogP contribution is 2.29. The fourth-order valence-corrected chi connectivity index (χ4v) is 6.60. The summed E-state index contributed by atoms with van der Waals surface area (Å²) in [6, 6.07) is -3.92. The lowest BCUT2D eigenvalue weighted by molar-refractivity contribution is -0.246. The minimum atomic E-state index is -5.06. The molecular weight excluding hydrogens is 760 g/mol. The summed E-state index contributed by atoms with van der Waals surface area (Å²) in [4.78, 5) is 76.2. The summed E-state index contributed by atoms with van der Waals surface area (Å²) in [5.41, 5.74) is 0. The first-order chi connectivity index (χ1) is 26.4. The highest BCUT2D eigenvalue weighted by atomic mass is 32.3. The van der Waals surface area contributed by atoms with Crippen LogP contribution in [0.5, 0.6) is 0 Å². The zero-order chi connectivity index (χ0) is 42.3. The molecule has 0 bridgehead atoms. The van der Waals surface area contributed by atoms with E-state index in [0.717, 1.165) is 71.1 Å². The first-order valence-corrected chi connectivity index (χ1v) is 21.0. The molecule has 7 N–H and O–H groups in total. The van der Waals surface area contributed by atoms with Crippen LogP contribution in [0.3, 0.4) is 0 Å². The summed E-state index contributed by atoms with van der Waals surface area (Å²) in [5, 5.41) is 37.9. The average Bonchev–Trinajstić information content (AvgIpc) is 3.11. The van der Waals surface area contributed by atoms with Crippen LogP contribution >= 0.6 is 0 Å². The molecule has 1 heterocycles. The van der Waals surface area contributed by atoms with Crippen molar-refractivity contribution in [1.82, 2.24) is 20.9 Å². The number of amides is 4.